The summed E-state index contributed by atoms with van der Waals surface area (Å²) in [6, 6.07) is 6.60. The van der Waals surface area contributed by atoms with Crippen molar-refractivity contribution >= 4 is 5.91 Å². The summed E-state index contributed by atoms with van der Waals surface area (Å²) in [5.74, 6) is 0.496. The fourth-order valence-electron chi connectivity index (χ4n) is 3.56. The Morgan fingerprint density at radius 1 is 1.15 bits per heavy atom. The summed E-state index contributed by atoms with van der Waals surface area (Å²) in [6.45, 7) is 7.09. The number of amides is 1. The Morgan fingerprint density at radius 3 is 2.58 bits per heavy atom. The third-order valence-electron chi connectivity index (χ3n) is 5.07. The smallest absolute Gasteiger partial charge is 0.274 e. The van der Waals surface area contributed by atoms with Gasteiger partial charge >= 0.3 is 0 Å². The summed E-state index contributed by atoms with van der Waals surface area (Å²) in [6.07, 6.45) is 0.920. The molecule has 1 aromatic heterocycles. The Kier molecular flexibility index (Phi) is 4.63. The first-order valence-corrected chi connectivity index (χ1v) is 9.08. The summed E-state index contributed by atoms with van der Waals surface area (Å²) in [5, 5.41) is 4.47. The molecule has 2 aliphatic rings. The summed E-state index contributed by atoms with van der Waals surface area (Å²) >= 11 is 0. The van der Waals surface area contributed by atoms with Gasteiger partial charge in [-0.05, 0) is 24.6 Å². The predicted molar refractivity (Wildman–Crippen MR) is 94.7 cm³/mol. The number of halogens is 1. The molecule has 1 saturated heterocycles. The first-order valence-electron chi connectivity index (χ1n) is 9.08. The van der Waals surface area contributed by atoms with Gasteiger partial charge in [0.2, 0.25) is 5.88 Å². The van der Waals surface area contributed by atoms with Crippen molar-refractivity contribution in [3.8, 4) is 5.88 Å². The number of hydrogen-bond acceptors (Lipinski definition) is 4. The second kappa shape index (κ2) is 7.07. The highest BCUT2D eigenvalue weighted by atomic mass is 19.1. The zero-order valence-electron chi connectivity index (χ0n) is 14.9. The highest BCUT2D eigenvalue weighted by Crippen LogP contribution is 2.26. The standard InChI is InChI=1S/C19H23FN4O2/c1-14-17(21-24-7-2-12-26-19(14)24)18(25)23-10-8-22(9-11-23)13-15-3-5-16(20)6-4-15/h3-6H,2,7-13H2,1H3. The number of fused-ring (bicyclic) bond motifs is 1. The molecule has 26 heavy (non-hydrogen) atoms. The molecular formula is C19H23FN4O2. The first kappa shape index (κ1) is 17.0. The Bertz CT molecular complexity index is 795. The molecule has 0 radical (unpaired) electrons. The van der Waals surface area contributed by atoms with Crippen LogP contribution >= 0.6 is 0 Å². The molecule has 0 N–H and O–H groups in total. The van der Waals surface area contributed by atoms with Gasteiger partial charge in [-0.15, -0.1) is 0 Å². The van der Waals surface area contributed by atoms with E-state index in [0.717, 1.165) is 49.6 Å². The Balaban J connectivity index is 1.38. The van der Waals surface area contributed by atoms with Crippen molar-refractivity contribution < 1.29 is 13.9 Å². The van der Waals surface area contributed by atoms with E-state index in [1.807, 2.05) is 24.0 Å². The van der Waals surface area contributed by atoms with Crippen LogP contribution in [0.5, 0.6) is 5.88 Å². The average molecular weight is 358 g/mol. The van der Waals surface area contributed by atoms with Gasteiger partial charge in [0.25, 0.3) is 5.91 Å². The number of carbonyl (C=O) groups excluding carboxylic acids is 1. The highest BCUT2D eigenvalue weighted by molar-refractivity contribution is 5.94. The minimum absolute atomic E-state index is 0.0190. The maximum atomic E-state index is 13.0. The van der Waals surface area contributed by atoms with Gasteiger partial charge in [-0.3, -0.25) is 9.69 Å². The minimum atomic E-state index is -0.216. The zero-order chi connectivity index (χ0) is 18.1. The molecule has 2 aromatic rings. The monoisotopic (exact) mass is 358 g/mol. The average Bonchev–Trinajstić information content (AvgIpc) is 3.01. The number of benzene rings is 1. The van der Waals surface area contributed by atoms with E-state index in [1.54, 1.807) is 4.68 Å². The van der Waals surface area contributed by atoms with Gasteiger partial charge in [0.05, 0.1) is 6.61 Å². The molecule has 7 heteroatoms. The largest absolute Gasteiger partial charge is 0.478 e. The van der Waals surface area contributed by atoms with E-state index in [9.17, 15) is 9.18 Å². The summed E-state index contributed by atoms with van der Waals surface area (Å²) in [5.41, 5.74) is 2.43. The Labute approximate surface area is 152 Å². The van der Waals surface area contributed by atoms with E-state index in [0.29, 0.717) is 25.4 Å². The SMILES string of the molecule is Cc1c(C(=O)N2CCN(Cc3ccc(F)cc3)CC2)nn2c1OCCC2. The number of aryl methyl sites for hydroxylation is 1. The number of aromatic nitrogens is 2. The molecule has 4 rings (SSSR count). The van der Waals surface area contributed by atoms with Gasteiger partial charge in [0.1, 0.15) is 5.82 Å². The molecular weight excluding hydrogens is 335 g/mol. The number of nitrogens with zero attached hydrogens (tertiary/aromatic N) is 4. The van der Waals surface area contributed by atoms with Gasteiger partial charge in [-0.25, -0.2) is 9.07 Å². The molecule has 2 aliphatic heterocycles. The van der Waals surface area contributed by atoms with Gasteiger partial charge in [0.15, 0.2) is 5.69 Å². The molecule has 0 aliphatic carbocycles. The molecule has 3 heterocycles. The topological polar surface area (TPSA) is 50.6 Å². The summed E-state index contributed by atoms with van der Waals surface area (Å²) in [4.78, 5) is 17.0. The van der Waals surface area contributed by atoms with Crippen LogP contribution in [-0.4, -0.2) is 58.3 Å². The van der Waals surface area contributed by atoms with Crippen molar-refractivity contribution in [3.63, 3.8) is 0 Å². The van der Waals surface area contributed by atoms with Crippen LogP contribution in [0.2, 0.25) is 0 Å². The van der Waals surface area contributed by atoms with E-state index in [-0.39, 0.29) is 11.7 Å². The van der Waals surface area contributed by atoms with Gasteiger partial charge in [-0.2, -0.15) is 5.10 Å². The fraction of sp³-hybridized carbons (Fsp3) is 0.474. The van der Waals surface area contributed by atoms with Crippen LogP contribution in [0.4, 0.5) is 4.39 Å². The van der Waals surface area contributed by atoms with Crippen molar-refractivity contribution in [2.45, 2.75) is 26.4 Å². The van der Waals surface area contributed by atoms with E-state index < -0.39 is 0 Å². The van der Waals surface area contributed by atoms with Crippen molar-refractivity contribution in [1.29, 1.82) is 0 Å². The molecule has 1 aromatic carbocycles. The second-order valence-electron chi connectivity index (χ2n) is 6.90. The van der Waals surface area contributed by atoms with E-state index in [4.69, 9.17) is 4.74 Å². The Morgan fingerprint density at radius 2 is 1.88 bits per heavy atom. The quantitative estimate of drug-likeness (QED) is 0.843. The molecule has 1 amide bonds. The van der Waals surface area contributed by atoms with E-state index in [2.05, 4.69) is 10.00 Å². The van der Waals surface area contributed by atoms with Crippen molar-refractivity contribution in [3.05, 3.63) is 46.9 Å². The fourth-order valence-corrected chi connectivity index (χ4v) is 3.56. The summed E-state index contributed by atoms with van der Waals surface area (Å²) in [7, 11) is 0. The van der Waals surface area contributed by atoms with E-state index in [1.165, 1.54) is 12.1 Å². The van der Waals surface area contributed by atoms with Crippen LogP contribution in [0.1, 0.15) is 28.0 Å². The molecule has 0 bridgehead atoms. The lowest BCUT2D eigenvalue weighted by atomic mass is 10.2. The maximum Gasteiger partial charge on any atom is 0.274 e. The van der Waals surface area contributed by atoms with Crippen LogP contribution in [0.25, 0.3) is 0 Å². The Hall–Kier alpha value is -2.41. The molecule has 138 valence electrons. The van der Waals surface area contributed by atoms with Crippen LogP contribution < -0.4 is 4.74 Å². The molecule has 0 saturated carbocycles. The summed E-state index contributed by atoms with van der Waals surface area (Å²) < 4.78 is 20.5. The highest BCUT2D eigenvalue weighted by Gasteiger charge is 2.28. The van der Waals surface area contributed by atoms with Gasteiger partial charge in [0, 0.05) is 51.3 Å². The van der Waals surface area contributed by atoms with Crippen molar-refractivity contribution in [2.75, 3.05) is 32.8 Å². The number of rotatable bonds is 3. The lowest BCUT2D eigenvalue weighted by Gasteiger charge is -2.34. The second-order valence-corrected chi connectivity index (χ2v) is 6.90. The number of hydrogen-bond donors (Lipinski definition) is 0. The van der Waals surface area contributed by atoms with Crippen LogP contribution in [0.15, 0.2) is 24.3 Å². The zero-order valence-corrected chi connectivity index (χ0v) is 14.9. The molecule has 0 spiro atoms. The number of ether oxygens (including phenoxy) is 1. The third kappa shape index (κ3) is 3.31. The number of carbonyl (C=O) groups is 1. The normalized spacial score (nSPS) is 17.7. The lowest BCUT2D eigenvalue weighted by Crippen LogP contribution is -2.48. The molecule has 1 fully saturated rings. The first-order chi connectivity index (χ1) is 12.6. The minimum Gasteiger partial charge on any atom is -0.478 e. The lowest BCUT2D eigenvalue weighted by molar-refractivity contribution is 0.0621. The van der Waals surface area contributed by atoms with Gasteiger partial charge in [-0.1, -0.05) is 12.1 Å². The van der Waals surface area contributed by atoms with Crippen LogP contribution in [0.3, 0.4) is 0 Å². The molecule has 0 atom stereocenters. The maximum absolute atomic E-state index is 13.0. The molecule has 6 nitrogen and oxygen atoms in total. The van der Waals surface area contributed by atoms with E-state index >= 15 is 0 Å². The van der Waals surface area contributed by atoms with Crippen molar-refractivity contribution in [2.24, 2.45) is 0 Å². The molecule has 0 unspecified atom stereocenters. The number of piperazine rings is 1. The van der Waals surface area contributed by atoms with Crippen molar-refractivity contribution in [1.82, 2.24) is 19.6 Å². The van der Waals surface area contributed by atoms with Crippen LogP contribution in [0, 0.1) is 12.7 Å². The van der Waals surface area contributed by atoms with Crippen LogP contribution in [-0.2, 0) is 13.1 Å². The predicted octanol–water partition coefficient (Wildman–Crippen LogP) is 2.07. The third-order valence-corrected chi connectivity index (χ3v) is 5.07. The van der Waals surface area contributed by atoms with Gasteiger partial charge < -0.3 is 9.64 Å².